The number of amides is 1. The van der Waals surface area contributed by atoms with Gasteiger partial charge in [0.25, 0.3) is 0 Å². The van der Waals surface area contributed by atoms with Crippen LogP contribution in [-0.4, -0.2) is 19.0 Å². The predicted molar refractivity (Wildman–Crippen MR) is 71.2 cm³/mol. The van der Waals surface area contributed by atoms with Gasteiger partial charge in [-0.15, -0.1) is 0 Å². The summed E-state index contributed by atoms with van der Waals surface area (Å²) in [5.74, 6) is -0.552. The number of carbonyl (C=O) groups excluding carboxylic acids is 2. The van der Waals surface area contributed by atoms with Gasteiger partial charge in [-0.2, -0.15) is 0 Å². The average molecular weight is 259 g/mol. The van der Waals surface area contributed by atoms with Crippen molar-refractivity contribution in [3.05, 3.63) is 47.0 Å². The highest BCUT2D eigenvalue weighted by atomic mass is 16.5. The maximum atomic E-state index is 12.1. The highest BCUT2D eigenvalue weighted by Gasteiger charge is 2.25. The Labute approximate surface area is 112 Å². The summed E-state index contributed by atoms with van der Waals surface area (Å²) in [7, 11) is 1.34. The van der Waals surface area contributed by atoms with Crippen molar-refractivity contribution in [2.45, 2.75) is 25.8 Å². The lowest BCUT2D eigenvalue weighted by Crippen LogP contribution is -2.25. The molecule has 2 rings (SSSR count). The van der Waals surface area contributed by atoms with Crippen LogP contribution in [0.15, 0.2) is 41.5 Å². The average Bonchev–Trinajstić information content (AvgIpc) is 2.94. The topological polar surface area (TPSA) is 55.4 Å². The largest absolute Gasteiger partial charge is 0.466 e. The molecule has 1 aliphatic rings. The summed E-state index contributed by atoms with van der Waals surface area (Å²) in [6, 6.07) is 9.68. The van der Waals surface area contributed by atoms with Gasteiger partial charge in [-0.3, -0.25) is 4.79 Å². The third-order valence-electron chi connectivity index (χ3n) is 3.22. The van der Waals surface area contributed by atoms with Gasteiger partial charge < -0.3 is 10.1 Å². The Morgan fingerprint density at radius 2 is 1.84 bits per heavy atom. The van der Waals surface area contributed by atoms with Gasteiger partial charge in [0, 0.05) is 17.7 Å². The summed E-state index contributed by atoms with van der Waals surface area (Å²) in [5, 5.41) is 2.85. The Morgan fingerprint density at radius 3 is 2.53 bits per heavy atom. The van der Waals surface area contributed by atoms with Crippen molar-refractivity contribution in [3.63, 3.8) is 0 Å². The Kier molecular flexibility index (Phi) is 4.34. The number of esters is 1. The van der Waals surface area contributed by atoms with Crippen LogP contribution in [-0.2, 0) is 20.9 Å². The van der Waals surface area contributed by atoms with Crippen LogP contribution in [0.5, 0.6) is 0 Å². The number of ether oxygens (including phenoxy) is 1. The molecule has 0 saturated carbocycles. The van der Waals surface area contributed by atoms with Crippen LogP contribution >= 0.6 is 0 Å². The van der Waals surface area contributed by atoms with E-state index in [1.807, 2.05) is 30.3 Å². The standard InChI is InChI=1S/C15H17NO3/c1-19-15(18)13-9-5-8-12(13)14(17)16-10-11-6-3-2-4-7-11/h2-4,6-7H,5,8-10H2,1H3,(H,16,17). The third kappa shape index (κ3) is 3.22. The summed E-state index contributed by atoms with van der Waals surface area (Å²) in [5.41, 5.74) is 2.13. The lowest BCUT2D eigenvalue weighted by molar-refractivity contribution is -0.136. The molecule has 1 amide bonds. The zero-order valence-electron chi connectivity index (χ0n) is 10.9. The van der Waals surface area contributed by atoms with Gasteiger partial charge >= 0.3 is 5.97 Å². The predicted octanol–water partition coefficient (Wildman–Crippen LogP) is 1.96. The van der Waals surface area contributed by atoms with E-state index < -0.39 is 0 Å². The van der Waals surface area contributed by atoms with Crippen LogP contribution in [0.4, 0.5) is 0 Å². The van der Waals surface area contributed by atoms with E-state index in [2.05, 4.69) is 5.32 Å². The molecule has 4 nitrogen and oxygen atoms in total. The van der Waals surface area contributed by atoms with Crippen LogP contribution in [0.25, 0.3) is 0 Å². The molecule has 0 radical (unpaired) electrons. The van der Waals surface area contributed by atoms with Crippen LogP contribution < -0.4 is 5.32 Å². The van der Waals surface area contributed by atoms with Gasteiger partial charge in [-0.1, -0.05) is 30.3 Å². The molecule has 0 unspecified atom stereocenters. The maximum Gasteiger partial charge on any atom is 0.334 e. The molecule has 1 aliphatic carbocycles. The molecule has 0 fully saturated rings. The number of nitrogens with one attached hydrogen (secondary N) is 1. The van der Waals surface area contributed by atoms with Crippen molar-refractivity contribution >= 4 is 11.9 Å². The Bertz CT molecular complexity index is 505. The van der Waals surface area contributed by atoms with Crippen molar-refractivity contribution in [1.29, 1.82) is 0 Å². The molecular weight excluding hydrogens is 242 g/mol. The first-order chi connectivity index (χ1) is 9.22. The molecular formula is C15H17NO3. The second-order valence-corrected chi connectivity index (χ2v) is 4.47. The van der Waals surface area contributed by atoms with Gasteiger partial charge in [-0.25, -0.2) is 4.79 Å². The van der Waals surface area contributed by atoms with Crippen LogP contribution in [0.2, 0.25) is 0 Å². The number of carbonyl (C=O) groups is 2. The first-order valence-corrected chi connectivity index (χ1v) is 6.35. The summed E-state index contributed by atoms with van der Waals surface area (Å²) in [4.78, 5) is 23.6. The quantitative estimate of drug-likeness (QED) is 0.841. The highest BCUT2D eigenvalue weighted by molar-refractivity contribution is 6.03. The minimum Gasteiger partial charge on any atom is -0.466 e. The van der Waals surface area contributed by atoms with E-state index in [0.717, 1.165) is 12.0 Å². The van der Waals surface area contributed by atoms with E-state index >= 15 is 0 Å². The van der Waals surface area contributed by atoms with Crippen molar-refractivity contribution in [3.8, 4) is 0 Å². The van der Waals surface area contributed by atoms with Crippen molar-refractivity contribution in [1.82, 2.24) is 5.32 Å². The smallest absolute Gasteiger partial charge is 0.334 e. The van der Waals surface area contributed by atoms with E-state index in [1.54, 1.807) is 0 Å². The molecule has 4 heteroatoms. The van der Waals surface area contributed by atoms with Gasteiger partial charge in [0.05, 0.1) is 7.11 Å². The number of rotatable bonds is 4. The number of methoxy groups -OCH3 is 1. The zero-order chi connectivity index (χ0) is 13.7. The monoisotopic (exact) mass is 259 g/mol. The van der Waals surface area contributed by atoms with Gasteiger partial charge in [0.2, 0.25) is 5.91 Å². The molecule has 0 saturated heterocycles. The fourth-order valence-corrected chi connectivity index (χ4v) is 2.23. The Balaban J connectivity index is 2.01. The Morgan fingerprint density at radius 1 is 1.16 bits per heavy atom. The van der Waals surface area contributed by atoms with Crippen molar-refractivity contribution in [2.75, 3.05) is 7.11 Å². The maximum absolute atomic E-state index is 12.1. The van der Waals surface area contributed by atoms with Gasteiger partial charge in [0.15, 0.2) is 0 Å². The number of hydrogen-bond acceptors (Lipinski definition) is 3. The second-order valence-electron chi connectivity index (χ2n) is 4.47. The first-order valence-electron chi connectivity index (χ1n) is 6.35. The normalized spacial score (nSPS) is 14.4. The molecule has 0 aliphatic heterocycles. The molecule has 100 valence electrons. The summed E-state index contributed by atoms with van der Waals surface area (Å²) < 4.78 is 4.70. The Hall–Kier alpha value is -2.10. The molecule has 1 aromatic carbocycles. The molecule has 1 N–H and O–H groups in total. The molecule has 0 atom stereocenters. The lowest BCUT2D eigenvalue weighted by atomic mass is 10.1. The molecule has 1 aromatic rings. The molecule has 19 heavy (non-hydrogen) atoms. The third-order valence-corrected chi connectivity index (χ3v) is 3.22. The second kappa shape index (κ2) is 6.18. The number of hydrogen-bond donors (Lipinski definition) is 1. The van der Waals surface area contributed by atoms with Crippen LogP contribution in [0.1, 0.15) is 24.8 Å². The fraction of sp³-hybridized carbons (Fsp3) is 0.333. The number of benzene rings is 1. The molecule has 0 heterocycles. The van der Waals surface area contributed by atoms with Crippen LogP contribution in [0.3, 0.4) is 0 Å². The fourth-order valence-electron chi connectivity index (χ4n) is 2.23. The first kappa shape index (κ1) is 13.3. The summed E-state index contributed by atoms with van der Waals surface area (Å²) >= 11 is 0. The lowest BCUT2D eigenvalue weighted by Gasteiger charge is -2.08. The summed E-state index contributed by atoms with van der Waals surface area (Å²) in [6.45, 7) is 0.470. The summed E-state index contributed by atoms with van der Waals surface area (Å²) in [6.07, 6.45) is 2.10. The van der Waals surface area contributed by atoms with Crippen molar-refractivity contribution < 1.29 is 14.3 Å². The van der Waals surface area contributed by atoms with Crippen molar-refractivity contribution in [2.24, 2.45) is 0 Å². The van der Waals surface area contributed by atoms with E-state index in [1.165, 1.54) is 7.11 Å². The van der Waals surface area contributed by atoms with Crippen LogP contribution in [0, 0.1) is 0 Å². The SMILES string of the molecule is COC(=O)C1=C(C(=O)NCc2ccccc2)CCC1. The van der Waals surface area contributed by atoms with E-state index in [4.69, 9.17) is 4.74 Å². The van der Waals surface area contributed by atoms with Gasteiger partial charge in [0.1, 0.15) is 0 Å². The zero-order valence-corrected chi connectivity index (χ0v) is 10.9. The minimum atomic E-state index is -0.387. The van der Waals surface area contributed by atoms with E-state index in [9.17, 15) is 9.59 Å². The van der Waals surface area contributed by atoms with E-state index in [0.29, 0.717) is 30.5 Å². The minimum absolute atomic E-state index is 0.165. The molecule has 0 bridgehead atoms. The molecule has 0 aromatic heterocycles. The van der Waals surface area contributed by atoms with E-state index in [-0.39, 0.29) is 11.9 Å². The highest BCUT2D eigenvalue weighted by Crippen LogP contribution is 2.27. The molecule has 0 spiro atoms. The van der Waals surface area contributed by atoms with Gasteiger partial charge in [-0.05, 0) is 24.8 Å².